The molecule has 0 aromatic carbocycles. The van der Waals surface area contributed by atoms with E-state index in [1.54, 1.807) is 12.1 Å². The molecule has 0 aliphatic rings. The fourth-order valence-electron chi connectivity index (χ4n) is 0.980. The van der Waals surface area contributed by atoms with Gasteiger partial charge in [0.2, 0.25) is 5.89 Å². The maximum absolute atomic E-state index is 7.04. The van der Waals surface area contributed by atoms with Gasteiger partial charge in [0.25, 0.3) is 5.89 Å². The number of rotatable bonds is 3. The molecule has 0 atom stereocenters. The molecule has 6 nitrogen and oxygen atoms in total. The van der Waals surface area contributed by atoms with Crippen LogP contribution in [0.5, 0.6) is 0 Å². The van der Waals surface area contributed by atoms with Crippen LogP contribution in [-0.2, 0) is 5.75 Å². The van der Waals surface area contributed by atoms with Gasteiger partial charge in [0, 0.05) is 0 Å². The summed E-state index contributed by atoms with van der Waals surface area (Å²) in [6.45, 7) is 0. The molecule has 0 saturated heterocycles. The van der Waals surface area contributed by atoms with E-state index in [1.165, 1.54) is 0 Å². The van der Waals surface area contributed by atoms with Crippen molar-refractivity contribution in [2.75, 3.05) is 0 Å². The predicted molar refractivity (Wildman–Crippen MR) is 62.9 cm³/mol. The minimum Gasteiger partial charge on any atom is -0.444 e. The fourth-order valence-corrected chi connectivity index (χ4v) is 1.68. The average molecular weight is 303 g/mol. The zero-order valence-electron chi connectivity index (χ0n) is 7.94. The van der Waals surface area contributed by atoms with Gasteiger partial charge in [0.1, 0.15) is 0 Å². The van der Waals surface area contributed by atoms with Crippen molar-refractivity contribution in [3.8, 4) is 11.7 Å². The van der Waals surface area contributed by atoms with Gasteiger partial charge in [0.05, 0.1) is 5.75 Å². The van der Waals surface area contributed by atoms with Crippen molar-refractivity contribution in [2.45, 2.75) is 5.75 Å². The molecule has 3 N–H and O–H groups in total. The van der Waals surface area contributed by atoms with Gasteiger partial charge < -0.3 is 14.6 Å². The van der Waals surface area contributed by atoms with Gasteiger partial charge in [-0.2, -0.15) is 0 Å². The van der Waals surface area contributed by atoms with Crippen LogP contribution in [0.25, 0.3) is 11.7 Å². The van der Waals surface area contributed by atoms with E-state index in [2.05, 4.69) is 26.1 Å². The highest BCUT2D eigenvalue weighted by atomic mass is 79.9. The number of furan rings is 1. The van der Waals surface area contributed by atoms with E-state index in [0.717, 1.165) is 11.8 Å². The third-order valence-electron chi connectivity index (χ3n) is 1.60. The van der Waals surface area contributed by atoms with E-state index in [1.807, 2.05) is 0 Å². The molecule has 0 radical (unpaired) electrons. The van der Waals surface area contributed by atoms with Crippen LogP contribution >= 0.6 is 27.7 Å². The SMILES string of the molecule is N=C(N)SCc1nnc(-c2ccc(Br)o2)o1. The zero-order valence-corrected chi connectivity index (χ0v) is 10.3. The van der Waals surface area contributed by atoms with Gasteiger partial charge in [-0.3, -0.25) is 5.41 Å². The molecule has 2 heterocycles. The Morgan fingerprint density at radius 1 is 1.44 bits per heavy atom. The topological polar surface area (TPSA) is 102 Å². The number of thioether (sulfide) groups is 1. The Labute approximate surface area is 103 Å². The summed E-state index contributed by atoms with van der Waals surface area (Å²) in [6, 6.07) is 3.46. The van der Waals surface area contributed by atoms with Gasteiger partial charge in [-0.1, -0.05) is 11.8 Å². The molecular weight excluding hydrogens is 296 g/mol. The molecule has 0 spiro atoms. The normalized spacial score (nSPS) is 10.6. The molecule has 0 amide bonds. The number of nitrogens with two attached hydrogens (primary N) is 1. The highest BCUT2D eigenvalue weighted by molar-refractivity contribution is 9.10. The number of halogens is 1. The Bertz CT molecular complexity index is 510. The molecule has 0 bridgehead atoms. The number of hydrogen-bond donors (Lipinski definition) is 2. The summed E-state index contributed by atoms with van der Waals surface area (Å²) in [5.74, 6) is 1.59. The van der Waals surface area contributed by atoms with Crippen LogP contribution in [-0.4, -0.2) is 15.4 Å². The second-order valence-electron chi connectivity index (χ2n) is 2.76. The molecule has 2 aromatic heterocycles. The second-order valence-corrected chi connectivity index (χ2v) is 4.56. The summed E-state index contributed by atoms with van der Waals surface area (Å²) in [4.78, 5) is 0. The summed E-state index contributed by atoms with van der Waals surface area (Å²) in [7, 11) is 0. The van der Waals surface area contributed by atoms with Gasteiger partial charge in [-0.05, 0) is 28.1 Å². The smallest absolute Gasteiger partial charge is 0.283 e. The van der Waals surface area contributed by atoms with E-state index >= 15 is 0 Å². The molecule has 0 fully saturated rings. The van der Waals surface area contributed by atoms with Crippen molar-refractivity contribution in [3.05, 3.63) is 22.7 Å². The quantitative estimate of drug-likeness (QED) is 0.666. The van der Waals surface area contributed by atoms with Crippen LogP contribution in [0.3, 0.4) is 0 Å². The first-order valence-electron chi connectivity index (χ1n) is 4.20. The van der Waals surface area contributed by atoms with Gasteiger partial charge in [-0.15, -0.1) is 10.2 Å². The predicted octanol–water partition coefficient (Wildman–Crippen LogP) is 2.22. The molecule has 0 unspecified atom stereocenters. The first-order chi connectivity index (χ1) is 7.65. The molecule has 0 aliphatic carbocycles. The van der Waals surface area contributed by atoms with Crippen molar-refractivity contribution in [2.24, 2.45) is 5.73 Å². The standard InChI is InChI=1S/C8H7BrN4O2S/c9-5-2-1-4(14-5)7-13-12-6(15-7)3-16-8(10)11/h1-2H,3H2,(H3,10,11). The van der Waals surface area contributed by atoms with Crippen LogP contribution in [0, 0.1) is 5.41 Å². The Morgan fingerprint density at radius 3 is 2.88 bits per heavy atom. The van der Waals surface area contributed by atoms with E-state index < -0.39 is 0 Å². The minimum absolute atomic E-state index is 0.0143. The Balaban J connectivity index is 2.10. The van der Waals surface area contributed by atoms with Crippen molar-refractivity contribution in [1.82, 2.24) is 10.2 Å². The average Bonchev–Trinajstić information content (AvgIpc) is 2.83. The Kier molecular flexibility index (Phi) is 3.30. The Hall–Kier alpha value is -1.28. The fraction of sp³-hybridized carbons (Fsp3) is 0.125. The third-order valence-corrected chi connectivity index (χ3v) is 2.73. The number of nitrogens with zero attached hydrogens (tertiary/aromatic N) is 2. The van der Waals surface area contributed by atoms with Crippen LogP contribution < -0.4 is 5.73 Å². The minimum atomic E-state index is 0.0143. The van der Waals surface area contributed by atoms with E-state index in [9.17, 15) is 0 Å². The van der Waals surface area contributed by atoms with E-state index in [4.69, 9.17) is 20.0 Å². The molecule has 16 heavy (non-hydrogen) atoms. The summed E-state index contributed by atoms with van der Waals surface area (Å²) < 4.78 is 11.2. The first-order valence-corrected chi connectivity index (χ1v) is 5.98. The maximum atomic E-state index is 7.04. The van der Waals surface area contributed by atoms with Crippen molar-refractivity contribution >= 4 is 32.9 Å². The monoisotopic (exact) mass is 302 g/mol. The number of aromatic nitrogens is 2. The third kappa shape index (κ3) is 2.64. The van der Waals surface area contributed by atoms with Crippen LogP contribution in [0.1, 0.15) is 5.89 Å². The highest BCUT2D eigenvalue weighted by Crippen LogP contribution is 2.24. The number of nitrogens with one attached hydrogen (secondary N) is 1. The highest BCUT2D eigenvalue weighted by Gasteiger charge is 2.12. The van der Waals surface area contributed by atoms with Crippen molar-refractivity contribution < 1.29 is 8.83 Å². The molecule has 0 saturated carbocycles. The molecule has 2 rings (SSSR count). The lowest BCUT2D eigenvalue weighted by molar-refractivity contribution is 0.486. The van der Waals surface area contributed by atoms with Gasteiger partial charge in [-0.25, -0.2) is 0 Å². The molecule has 84 valence electrons. The largest absolute Gasteiger partial charge is 0.444 e. The summed E-state index contributed by atoms with van der Waals surface area (Å²) >= 11 is 4.30. The van der Waals surface area contributed by atoms with Crippen LogP contribution in [0.4, 0.5) is 0 Å². The zero-order chi connectivity index (χ0) is 11.5. The summed E-state index contributed by atoms with van der Waals surface area (Å²) in [5.41, 5.74) is 5.19. The van der Waals surface area contributed by atoms with Crippen LogP contribution in [0.15, 0.2) is 25.6 Å². The van der Waals surface area contributed by atoms with E-state index in [-0.39, 0.29) is 5.17 Å². The van der Waals surface area contributed by atoms with Crippen LogP contribution in [0.2, 0.25) is 0 Å². The van der Waals surface area contributed by atoms with Crippen molar-refractivity contribution in [3.63, 3.8) is 0 Å². The second kappa shape index (κ2) is 4.71. The first kappa shape index (κ1) is 11.2. The van der Waals surface area contributed by atoms with E-state index in [0.29, 0.717) is 28.0 Å². The Morgan fingerprint density at radius 2 is 2.25 bits per heavy atom. The lowest BCUT2D eigenvalue weighted by atomic mass is 10.5. The molecule has 2 aromatic rings. The van der Waals surface area contributed by atoms with Crippen molar-refractivity contribution in [1.29, 1.82) is 5.41 Å². The number of amidine groups is 1. The maximum Gasteiger partial charge on any atom is 0.283 e. The summed E-state index contributed by atoms with van der Waals surface area (Å²) in [5, 5.41) is 14.7. The lowest BCUT2D eigenvalue weighted by Crippen LogP contribution is -2.03. The lowest BCUT2D eigenvalue weighted by Gasteiger charge is -1.91. The molecular formula is C8H7BrN4O2S. The summed E-state index contributed by atoms with van der Waals surface area (Å²) in [6.07, 6.45) is 0. The molecule has 0 aliphatic heterocycles. The molecule has 8 heteroatoms. The van der Waals surface area contributed by atoms with Gasteiger partial charge >= 0.3 is 0 Å². The number of hydrogen-bond acceptors (Lipinski definition) is 6. The van der Waals surface area contributed by atoms with Gasteiger partial charge in [0.15, 0.2) is 15.6 Å².